The van der Waals surface area contributed by atoms with Crippen molar-refractivity contribution in [1.29, 1.82) is 0 Å². The Balaban J connectivity index is 0.883. The zero-order valence-electron chi connectivity index (χ0n) is 25.2. The molecule has 1 unspecified atom stereocenters. The van der Waals surface area contributed by atoms with E-state index in [1.54, 1.807) is 17.4 Å². The first-order chi connectivity index (χ1) is 20.8. The van der Waals surface area contributed by atoms with E-state index in [9.17, 15) is 19.8 Å². The molecule has 4 N–H and O–H groups in total. The van der Waals surface area contributed by atoms with Crippen molar-refractivity contribution in [1.82, 2.24) is 20.1 Å². The molecule has 0 aliphatic carbocycles. The van der Waals surface area contributed by atoms with Crippen molar-refractivity contribution in [3.8, 4) is 5.75 Å². The van der Waals surface area contributed by atoms with E-state index < -0.39 is 6.10 Å². The van der Waals surface area contributed by atoms with Gasteiger partial charge in [-0.2, -0.15) is 0 Å². The normalized spacial score (nSPS) is 18.0. The molecule has 11 heteroatoms. The number of unbranched alkanes of at least 4 members (excludes halogenated alkanes) is 6. The fourth-order valence-corrected chi connectivity index (χ4v) is 8.08. The number of likely N-dealkylation sites (tertiary alicyclic amines) is 1. The van der Waals surface area contributed by atoms with Gasteiger partial charge >= 0.3 is 4.87 Å². The van der Waals surface area contributed by atoms with E-state index in [0.29, 0.717) is 42.0 Å². The molecule has 0 bridgehead atoms. The molecule has 1 aromatic carbocycles. The number of aromatic nitrogens is 1. The molecular formula is C32H46N4O5S2. The first kappa shape index (κ1) is 32.1. The van der Waals surface area contributed by atoms with Crippen LogP contribution in [0.25, 0.3) is 10.2 Å². The number of morpholine rings is 1. The minimum absolute atomic E-state index is 0.0263. The number of aliphatic hydroxyl groups excluding tert-OH is 1. The van der Waals surface area contributed by atoms with Crippen molar-refractivity contribution in [2.75, 3.05) is 52.4 Å². The van der Waals surface area contributed by atoms with Gasteiger partial charge in [-0.15, -0.1) is 11.3 Å². The Labute approximate surface area is 261 Å². The van der Waals surface area contributed by atoms with Gasteiger partial charge in [-0.1, -0.05) is 49.5 Å². The molecule has 2 aliphatic rings. The van der Waals surface area contributed by atoms with Crippen LogP contribution >= 0.6 is 22.7 Å². The maximum Gasteiger partial charge on any atom is 0.305 e. The topological polar surface area (TPSA) is 118 Å². The molecule has 2 fully saturated rings. The molecular weight excluding hydrogens is 585 g/mol. The van der Waals surface area contributed by atoms with E-state index in [1.807, 2.05) is 24.0 Å². The third-order valence-electron chi connectivity index (χ3n) is 8.87. The van der Waals surface area contributed by atoms with Gasteiger partial charge in [0.05, 0.1) is 34.4 Å². The Morgan fingerprint density at radius 2 is 1.79 bits per heavy atom. The summed E-state index contributed by atoms with van der Waals surface area (Å²) in [6.07, 6.45) is 9.76. The number of amides is 1. The number of aliphatic hydroxyl groups is 1. The number of ether oxygens (including phenoxy) is 1. The number of fused-ring (bicyclic) bond motifs is 1. The number of thiophene rings is 1. The van der Waals surface area contributed by atoms with Crippen LogP contribution in [0.4, 0.5) is 0 Å². The highest BCUT2D eigenvalue weighted by Crippen LogP contribution is 2.32. The number of nitrogens with zero attached hydrogens (tertiary/aromatic N) is 2. The van der Waals surface area contributed by atoms with Crippen molar-refractivity contribution in [2.24, 2.45) is 0 Å². The number of aromatic amines is 1. The van der Waals surface area contributed by atoms with E-state index in [0.717, 1.165) is 61.7 Å². The number of phenols is 1. The van der Waals surface area contributed by atoms with Gasteiger partial charge in [0.15, 0.2) is 0 Å². The minimum atomic E-state index is -0.727. The number of carbonyl (C=O) groups excluding carboxylic acids is 1. The van der Waals surface area contributed by atoms with Gasteiger partial charge in [0.2, 0.25) is 0 Å². The molecule has 2 aromatic heterocycles. The van der Waals surface area contributed by atoms with Crippen LogP contribution in [0.15, 0.2) is 29.1 Å². The molecule has 3 aromatic rings. The van der Waals surface area contributed by atoms with Gasteiger partial charge in [0.1, 0.15) is 11.3 Å². The number of benzene rings is 1. The van der Waals surface area contributed by atoms with E-state index in [1.165, 1.54) is 49.5 Å². The predicted molar refractivity (Wildman–Crippen MR) is 174 cm³/mol. The fourth-order valence-electron chi connectivity index (χ4n) is 6.33. The van der Waals surface area contributed by atoms with E-state index >= 15 is 0 Å². The van der Waals surface area contributed by atoms with Crippen LogP contribution in [0.5, 0.6) is 5.75 Å². The lowest BCUT2D eigenvalue weighted by molar-refractivity contribution is -0.127. The SMILES string of the molecule is Cc1ccc(C(=O)N2CCOC3(CCN(CCCCCCCCCNCC(O)c4ccc(O)c5[nH]c(=O)sc45)CC3)C2)s1. The number of nitrogens with one attached hydrogen (secondary N) is 2. The van der Waals surface area contributed by atoms with Crippen molar-refractivity contribution >= 4 is 38.8 Å². The highest BCUT2D eigenvalue weighted by molar-refractivity contribution is 7.16. The van der Waals surface area contributed by atoms with E-state index in [2.05, 4.69) is 15.2 Å². The van der Waals surface area contributed by atoms with Crippen LogP contribution in [-0.4, -0.2) is 88.9 Å². The summed E-state index contributed by atoms with van der Waals surface area (Å²) in [5.74, 6) is 0.182. The van der Waals surface area contributed by atoms with Gasteiger partial charge < -0.3 is 35.1 Å². The Morgan fingerprint density at radius 3 is 2.53 bits per heavy atom. The Bertz CT molecular complexity index is 1390. The van der Waals surface area contributed by atoms with Crippen LogP contribution in [0.1, 0.15) is 84.0 Å². The Kier molecular flexibility index (Phi) is 11.3. The standard InChI is InChI=1S/C32H46N4O5S2/c1-23-9-12-27(42-23)30(39)36-19-20-41-32(22-36)13-17-35(18-14-32)16-8-6-4-2-3-5-7-15-33-21-26(38)24-10-11-25(37)28-29(24)43-31(40)34-28/h9-12,26,33,37-38H,2-8,13-22H2,1H3,(H,34,40). The van der Waals surface area contributed by atoms with Crippen LogP contribution in [-0.2, 0) is 4.74 Å². The molecule has 1 spiro atoms. The van der Waals surface area contributed by atoms with Crippen LogP contribution in [0.2, 0.25) is 0 Å². The minimum Gasteiger partial charge on any atom is -0.506 e. The number of thiazole rings is 1. The molecule has 43 heavy (non-hydrogen) atoms. The average Bonchev–Trinajstić information content (AvgIpc) is 3.62. The molecule has 0 saturated carbocycles. The third-order valence-corrected chi connectivity index (χ3v) is 10.8. The van der Waals surface area contributed by atoms with E-state index in [-0.39, 0.29) is 22.1 Å². The zero-order chi connectivity index (χ0) is 30.2. The lowest BCUT2D eigenvalue weighted by atomic mass is 9.89. The summed E-state index contributed by atoms with van der Waals surface area (Å²) >= 11 is 2.60. The van der Waals surface area contributed by atoms with Crippen molar-refractivity contribution < 1.29 is 19.7 Å². The Morgan fingerprint density at radius 1 is 1.05 bits per heavy atom. The monoisotopic (exact) mass is 630 g/mol. The fraction of sp³-hybridized carbons (Fsp3) is 0.625. The Hall–Kier alpha value is -2.28. The van der Waals surface area contributed by atoms with Gasteiger partial charge in [0.25, 0.3) is 5.91 Å². The number of phenolic OH excluding ortho intramolecular Hbond substituents is 1. The average molecular weight is 631 g/mol. The number of aryl methyl sites for hydroxylation is 1. The summed E-state index contributed by atoms with van der Waals surface area (Å²) in [4.78, 5) is 33.7. The van der Waals surface area contributed by atoms with E-state index in [4.69, 9.17) is 4.74 Å². The van der Waals surface area contributed by atoms with Crippen molar-refractivity contribution in [2.45, 2.75) is 76.4 Å². The summed E-state index contributed by atoms with van der Waals surface area (Å²) in [7, 11) is 0. The lowest BCUT2D eigenvalue weighted by Gasteiger charge is -2.47. The summed E-state index contributed by atoms with van der Waals surface area (Å²) in [5, 5.41) is 23.9. The maximum atomic E-state index is 13.0. The quantitative estimate of drug-likeness (QED) is 0.185. The van der Waals surface area contributed by atoms with Crippen LogP contribution in [0.3, 0.4) is 0 Å². The third kappa shape index (κ3) is 8.46. The first-order valence-electron chi connectivity index (χ1n) is 15.8. The number of H-pyrrole nitrogens is 1. The number of carbonyl (C=O) groups is 1. The summed E-state index contributed by atoms with van der Waals surface area (Å²) in [5.41, 5.74) is 0.889. The summed E-state index contributed by atoms with van der Waals surface area (Å²) in [6, 6.07) is 7.18. The van der Waals surface area contributed by atoms with Crippen molar-refractivity contribution in [3.63, 3.8) is 0 Å². The smallest absolute Gasteiger partial charge is 0.305 e. The predicted octanol–water partition coefficient (Wildman–Crippen LogP) is 5.03. The molecule has 4 heterocycles. The van der Waals surface area contributed by atoms with Crippen LogP contribution < -0.4 is 10.2 Å². The number of aromatic hydroxyl groups is 1. The van der Waals surface area contributed by atoms with Crippen LogP contribution in [0, 0.1) is 6.92 Å². The van der Waals surface area contributed by atoms with Gasteiger partial charge in [-0.3, -0.25) is 9.59 Å². The van der Waals surface area contributed by atoms with Gasteiger partial charge in [-0.05, 0) is 63.9 Å². The second kappa shape index (κ2) is 15.1. The number of hydrogen-bond donors (Lipinski definition) is 4. The second-order valence-corrected chi connectivity index (χ2v) is 14.4. The van der Waals surface area contributed by atoms with Gasteiger partial charge in [0, 0.05) is 36.6 Å². The highest BCUT2D eigenvalue weighted by atomic mass is 32.1. The van der Waals surface area contributed by atoms with Gasteiger partial charge in [-0.25, -0.2) is 0 Å². The molecule has 0 radical (unpaired) electrons. The highest BCUT2D eigenvalue weighted by Gasteiger charge is 2.41. The molecule has 236 valence electrons. The largest absolute Gasteiger partial charge is 0.506 e. The zero-order valence-corrected chi connectivity index (χ0v) is 26.9. The number of rotatable bonds is 14. The lowest BCUT2D eigenvalue weighted by Crippen LogP contribution is -2.58. The maximum absolute atomic E-state index is 13.0. The second-order valence-electron chi connectivity index (χ2n) is 12.1. The molecule has 1 amide bonds. The number of hydrogen-bond acceptors (Lipinski definition) is 9. The summed E-state index contributed by atoms with van der Waals surface area (Å²) < 4.78 is 6.90. The molecule has 1 atom stereocenters. The molecule has 2 aliphatic heterocycles. The first-order valence-corrected chi connectivity index (χ1v) is 17.4. The number of piperidine rings is 1. The van der Waals surface area contributed by atoms with Crippen molar-refractivity contribution in [3.05, 3.63) is 49.3 Å². The molecule has 2 saturated heterocycles. The summed E-state index contributed by atoms with van der Waals surface area (Å²) in [6.45, 7) is 8.58. The molecule has 5 rings (SSSR count). The molecule has 9 nitrogen and oxygen atoms in total.